The smallest absolute Gasteiger partial charge is 0.352 e. The van der Waals surface area contributed by atoms with Crippen LogP contribution in [0.2, 0.25) is 0 Å². The van der Waals surface area contributed by atoms with Crippen molar-refractivity contribution in [1.29, 1.82) is 0 Å². The number of nitrogens with one attached hydrogen (secondary N) is 2. The number of aryl methyl sites for hydroxylation is 1. The first-order valence-corrected chi connectivity index (χ1v) is 6.75. The summed E-state index contributed by atoms with van der Waals surface area (Å²) in [5.41, 5.74) is 2.67. The van der Waals surface area contributed by atoms with Gasteiger partial charge >= 0.3 is 5.97 Å². The zero-order chi connectivity index (χ0) is 15.4. The summed E-state index contributed by atoms with van der Waals surface area (Å²) in [6, 6.07) is 9.86. The lowest BCUT2D eigenvalue weighted by atomic mass is 10.1. The van der Waals surface area contributed by atoms with Gasteiger partial charge in [0.1, 0.15) is 5.69 Å². The van der Waals surface area contributed by atoms with E-state index >= 15 is 0 Å². The number of carboxylic acids is 1. The molecule has 0 aliphatic carbocycles. The average Bonchev–Trinajstić information content (AvgIpc) is 2.75. The zero-order valence-corrected chi connectivity index (χ0v) is 12.1. The van der Waals surface area contributed by atoms with Crippen LogP contribution in [0, 0.1) is 13.8 Å². The van der Waals surface area contributed by atoms with E-state index in [9.17, 15) is 9.59 Å². The third kappa shape index (κ3) is 3.31. The van der Waals surface area contributed by atoms with Gasteiger partial charge in [-0.2, -0.15) is 0 Å². The van der Waals surface area contributed by atoms with Crippen molar-refractivity contribution in [3.63, 3.8) is 0 Å². The minimum atomic E-state index is -1.06. The molecule has 1 aromatic carbocycles. The number of benzene rings is 1. The van der Waals surface area contributed by atoms with Crippen LogP contribution >= 0.6 is 0 Å². The summed E-state index contributed by atoms with van der Waals surface area (Å²) in [5.74, 6) is -1.30. The number of aromatic nitrogens is 1. The Bertz CT molecular complexity index is 660. The van der Waals surface area contributed by atoms with Crippen LogP contribution in [-0.2, 0) is 6.42 Å². The molecular formula is C16H18N2O3. The number of hydrogen-bond acceptors (Lipinski definition) is 2. The van der Waals surface area contributed by atoms with Crippen LogP contribution in [0.3, 0.4) is 0 Å². The standard InChI is InChI=1S/C16H18N2O3/c1-10-13(11(2)18-14(10)16(20)21)15(19)17-9-8-12-6-4-3-5-7-12/h3-7,18H,8-9H2,1-2H3,(H,17,19)(H,20,21). The second-order valence-electron chi connectivity index (χ2n) is 4.92. The van der Waals surface area contributed by atoms with Gasteiger partial charge < -0.3 is 15.4 Å². The SMILES string of the molecule is Cc1[nH]c(C(=O)O)c(C)c1C(=O)NCCc1ccccc1. The Morgan fingerprint density at radius 2 is 1.86 bits per heavy atom. The molecule has 0 saturated carbocycles. The Balaban J connectivity index is 2.02. The van der Waals surface area contributed by atoms with Gasteiger partial charge in [-0.15, -0.1) is 0 Å². The first-order valence-electron chi connectivity index (χ1n) is 6.75. The molecule has 2 rings (SSSR count). The molecule has 3 N–H and O–H groups in total. The van der Waals surface area contributed by atoms with Gasteiger partial charge in [0, 0.05) is 12.2 Å². The number of carbonyl (C=O) groups is 2. The van der Waals surface area contributed by atoms with Crippen molar-refractivity contribution >= 4 is 11.9 Å². The predicted octanol–water partition coefficient (Wildman–Crippen LogP) is 2.30. The van der Waals surface area contributed by atoms with Gasteiger partial charge in [-0.1, -0.05) is 30.3 Å². The highest BCUT2D eigenvalue weighted by Crippen LogP contribution is 2.17. The lowest BCUT2D eigenvalue weighted by Gasteiger charge is -2.06. The van der Waals surface area contributed by atoms with Crippen LogP contribution < -0.4 is 5.32 Å². The van der Waals surface area contributed by atoms with Crippen molar-refractivity contribution in [1.82, 2.24) is 10.3 Å². The molecule has 0 fully saturated rings. The van der Waals surface area contributed by atoms with Crippen LogP contribution in [0.25, 0.3) is 0 Å². The van der Waals surface area contributed by atoms with Crippen molar-refractivity contribution in [2.45, 2.75) is 20.3 Å². The Hall–Kier alpha value is -2.56. The first-order chi connectivity index (χ1) is 10.0. The maximum atomic E-state index is 12.2. The highest BCUT2D eigenvalue weighted by atomic mass is 16.4. The second kappa shape index (κ2) is 6.26. The van der Waals surface area contributed by atoms with E-state index in [0.717, 1.165) is 12.0 Å². The number of hydrogen-bond donors (Lipinski definition) is 3. The molecule has 1 amide bonds. The van der Waals surface area contributed by atoms with E-state index in [4.69, 9.17) is 5.11 Å². The van der Waals surface area contributed by atoms with Gasteiger partial charge in [0.05, 0.1) is 5.56 Å². The molecule has 0 unspecified atom stereocenters. The van der Waals surface area contributed by atoms with Crippen molar-refractivity contribution in [3.05, 3.63) is 58.4 Å². The summed E-state index contributed by atoms with van der Waals surface area (Å²) < 4.78 is 0. The maximum Gasteiger partial charge on any atom is 0.352 e. The monoisotopic (exact) mass is 286 g/mol. The molecule has 0 aliphatic rings. The van der Waals surface area contributed by atoms with Crippen LogP contribution in [-0.4, -0.2) is 28.5 Å². The number of aromatic amines is 1. The summed E-state index contributed by atoms with van der Waals surface area (Å²) in [6.07, 6.45) is 0.737. The van der Waals surface area contributed by atoms with E-state index in [1.54, 1.807) is 13.8 Å². The molecule has 0 bridgehead atoms. The number of carbonyl (C=O) groups excluding carboxylic acids is 1. The molecule has 0 radical (unpaired) electrons. The van der Waals surface area contributed by atoms with Crippen LogP contribution in [0.4, 0.5) is 0 Å². The van der Waals surface area contributed by atoms with Crippen molar-refractivity contribution in [2.24, 2.45) is 0 Å². The highest BCUT2D eigenvalue weighted by Gasteiger charge is 2.21. The Kier molecular flexibility index (Phi) is 4.42. The van der Waals surface area contributed by atoms with Crippen LogP contribution in [0.15, 0.2) is 30.3 Å². The zero-order valence-electron chi connectivity index (χ0n) is 12.1. The normalized spacial score (nSPS) is 10.4. The summed E-state index contributed by atoms with van der Waals surface area (Å²) in [4.78, 5) is 26.0. The third-order valence-electron chi connectivity index (χ3n) is 3.42. The summed E-state index contributed by atoms with van der Waals surface area (Å²) >= 11 is 0. The number of aromatic carboxylic acids is 1. The van der Waals surface area contributed by atoms with E-state index < -0.39 is 5.97 Å². The summed E-state index contributed by atoms with van der Waals surface area (Å²) in [7, 11) is 0. The first kappa shape index (κ1) is 14.8. The molecule has 0 saturated heterocycles. The minimum absolute atomic E-state index is 0.0701. The Morgan fingerprint density at radius 1 is 1.19 bits per heavy atom. The topological polar surface area (TPSA) is 82.2 Å². The van der Waals surface area contributed by atoms with E-state index in [2.05, 4.69) is 10.3 Å². The van der Waals surface area contributed by atoms with Crippen LogP contribution in [0.5, 0.6) is 0 Å². The van der Waals surface area contributed by atoms with Crippen molar-refractivity contribution in [3.8, 4) is 0 Å². The third-order valence-corrected chi connectivity index (χ3v) is 3.42. The van der Waals surface area contributed by atoms with Gasteiger partial charge in [-0.05, 0) is 31.4 Å². The van der Waals surface area contributed by atoms with Crippen LogP contribution in [0.1, 0.15) is 37.7 Å². The van der Waals surface area contributed by atoms with Crippen molar-refractivity contribution < 1.29 is 14.7 Å². The Labute approximate surface area is 123 Å². The predicted molar refractivity (Wildman–Crippen MR) is 79.7 cm³/mol. The van der Waals surface area contributed by atoms with E-state index in [-0.39, 0.29) is 11.6 Å². The fraction of sp³-hybridized carbons (Fsp3) is 0.250. The maximum absolute atomic E-state index is 12.2. The molecule has 21 heavy (non-hydrogen) atoms. The number of H-pyrrole nitrogens is 1. The molecule has 2 aromatic rings. The number of rotatable bonds is 5. The molecule has 5 nitrogen and oxygen atoms in total. The highest BCUT2D eigenvalue weighted by molar-refractivity contribution is 6.00. The Morgan fingerprint density at radius 3 is 2.43 bits per heavy atom. The molecule has 0 spiro atoms. The molecule has 0 aliphatic heterocycles. The summed E-state index contributed by atoms with van der Waals surface area (Å²) in [5, 5.41) is 11.9. The fourth-order valence-electron chi connectivity index (χ4n) is 2.36. The van der Waals surface area contributed by atoms with E-state index in [1.807, 2.05) is 30.3 Å². The average molecular weight is 286 g/mol. The largest absolute Gasteiger partial charge is 0.477 e. The second-order valence-corrected chi connectivity index (χ2v) is 4.92. The molecule has 5 heteroatoms. The van der Waals surface area contributed by atoms with Gasteiger partial charge in [0.25, 0.3) is 5.91 Å². The van der Waals surface area contributed by atoms with Gasteiger partial charge in [-0.3, -0.25) is 4.79 Å². The molecule has 1 aromatic heterocycles. The van der Waals surface area contributed by atoms with Gasteiger partial charge in [0.2, 0.25) is 0 Å². The molecule has 1 heterocycles. The quantitative estimate of drug-likeness (QED) is 0.788. The minimum Gasteiger partial charge on any atom is -0.477 e. The summed E-state index contributed by atoms with van der Waals surface area (Å²) in [6.45, 7) is 3.85. The lowest BCUT2D eigenvalue weighted by molar-refractivity contribution is 0.0690. The van der Waals surface area contributed by atoms with Gasteiger partial charge in [-0.25, -0.2) is 4.79 Å². The fourth-order valence-corrected chi connectivity index (χ4v) is 2.36. The molecule has 0 atom stereocenters. The van der Waals surface area contributed by atoms with Gasteiger partial charge in [0.15, 0.2) is 0 Å². The lowest BCUT2D eigenvalue weighted by Crippen LogP contribution is -2.26. The molecular weight excluding hydrogens is 268 g/mol. The molecule has 110 valence electrons. The number of amides is 1. The van der Waals surface area contributed by atoms with E-state index in [0.29, 0.717) is 23.4 Å². The van der Waals surface area contributed by atoms with Crippen molar-refractivity contribution in [2.75, 3.05) is 6.54 Å². The van der Waals surface area contributed by atoms with E-state index in [1.165, 1.54) is 0 Å². The number of carboxylic acid groups (broad SMARTS) is 1.